The van der Waals surface area contributed by atoms with Crippen molar-refractivity contribution < 1.29 is 4.74 Å². The lowest BCUT2D eigenvalue weighted by Gasteiger charge is -2.28. The first-order chi connectivity index (χ1) is 9.92. The molecule has 0 aliphatic carbocycles. The van der Waals surface area contributed by atoms with Crippen LogP contribution in [0.25, 0.3) is 0 Å². The van der Waals surface area contributed by atoms with Crippen LogP contribution >= 0.6 is 0 Å². The standard InChI is InChI=1S/C16H31N3O/c1-3-9-18(10-4-1)11-6-7-13-20-16-14-15-8-2-5-12-19(15)17-16/h15-17H,1-14H2. The van der Waals surface area contributed by atoms with Gasteiger partial charge in [0.1, 0.15) is 6.23 Å². The summed E-state index contributed by atoms with van der Waals surface area (Å²) in [5.41, 5.74) is 3.53. The Morgan fingerprint density at radius 2 is 1.80 bits per heavy atom. The summed E-state index contributed by atoms with van der Waals surface area (Å²) in [4.78, 5) is 2.62. The Morgan fingerprint density at radius 3 is 2.65 bits per heavy atom. The minimum atomic E-state index is 0.285. The molecule has 3 heterocycles. The highest BCUT2D eigenvalue weighted by molar-refractivity contribution is 4.83. The Morgan fingerprint density at radius 1 is 0.950 bits per heavy atom. The van der Waals surface area contributed by atoms with Crippen LogP contribution in [-0.4, -0.2) is 55.0 Å². The number of ether oxygens (including phenoxy) is 1. The smallest absolute Gasteiger partial charge is 0.122 e. The van der Waals surface area contributed by atoms with E-state index in [4.69, 9.17) is 4.74 Å². The lowest BCUT2D eigenvalue weighted by atomic mass is 10.0. The monoisotopic (exact) mass is 281 g/mol. The minimum Gasteiger partial charge on any atom is -0.362 e. The molecular weight excluding hydrogens is 250 g/mol. The van der Waals surface area contributed by atoms with Crippen LogP contribution in [-0.2, 0) is 4.74 Å². The van der Waals surface area contributed by atoms with Gasteiger partial charge in [0, 0.05) is 25.6 Å². The van der Waals surface area contributed by atoms with Crippen molar-refractivity contribution in [1.82, 2.24) is 15.3 Å². The van der Waals surface area contributed by atoms with E-state index in [9.17, 15) is 0 Å². The number of hydrazine groups is 1. The zero-order chi connectivity index (χ0) is 13.6. The summed E-state index contributed by atoms with van der Waals surface area (Å²) in [6.07, 6.45) is 12.3. The van der Waals surface area contributed by atoms with Crippen LogP contribution in [0.2, 0.25) is 0 Å². The SMILES string of the molecule is C1CCN(CCCCOC2CC3CCCCN3N2)CC1. The third-order valence-electron chi connectivity index (χ3n) is 5.06. The Hall–Kier alpha value is -0.160. The van der Waals surface area contributed by atoms with Gasteiger partial charge in [-0.15, -0.1) is 0 Å². The van der Waals surface area contributed by atoms with Gasteiger partial charge in [-0.2, -0.15) is 0 Å². The average molecular weight is 281 g/mol. The lowest BCUT2D eigenvalue weighted by Crippen LogP contribution is -2.42. The summed E-state index contributed by atoms with van der Waals surface area (Å²) in [7, 11) is 0. The van der Waals surface area contributed by atoms with Crippen molar-refractivity contribution in [2.24, 2.45) is 0 Å². The van der Waals surface area contributed by atoms with Crippen molar-refractivity contribution in [2.75, 3.05) is 32.8 Å². The molecule has 0 aromatic heterocycles. The number of hydrogen-bond donors (Lipinski definition) is 1. The molecule has 0 saturated carbocycles. The van der Waals surface area contributed by atoms with Gasteiger partial charge in [-0.1, -0.05) is 12.8 Å². The minimum absolute atomic E-state index is 0.285. The lowest BCUT2D eigenvalue weighted by molar-refractivity contribution is 0.0124. The first-order valence-electron chi connectivity index (χ1n) is 8.78. The molecule has 0 amide bonds. The fourth-order valence-electron chi connectivity index (χ4n) is 3.85. The van der Waals surface area contributed by atoms with Crippen LogP contribution in [0.5, 0.6) is 0 Å². The molecule has 1 N–H and O–H groups in total. The Kier molecular flexibility index (Phi) is 5.71. The van der Waals surface area contributed by atoms with Gasteiger partial charge in [0.2, 0.25) is 0 Å². The van der Waals surface area contributed by atoms with Crippen molar-refractivity contribution in [2.45, 2.75) is 70.1 Å². The Labute approximate surface area is 123 Å². The van der Waals surface area contributed by atoms with E-state index < -0.39 is 0 Å². The summed E-state index contributed by atoms with van der Waals surface area (Å²) in [6.45, 7) is 6.05. The fraction of sp³-hybridized carbons (Fsp3) is 1.00. The molecule has 4 heteroatoms. The number of nitrogens with zero attached hydrogens (tertiary/aromatic N) is 2. The van der Waals surface area contributed by atoms with E-state index in [-0.39, 0.29) is 6.23 Å². The molecule has 0 radical (unpaired) electrons. The molecule has 0 aromatic carbocycles. The highest BCUT2D eigenvalue weighted by Gasteiger charge is 2.33. The number of piperidine rings is 2. The molecule has 4 nitrogen and oxygen atoms in total. The van der Waals surface area contributed by atoms with Gasteiger partial charge in [-0.25, -0.2) is 10.4 Å². The van der Waals surface area contributed by atoms with E-state index in [1.54, 1.807) is 0 Å². The average Bonchev–Trinajstić information content (AvgIpc) is 2.90. The molecule has 3 saturated heterocycles. The maximum atomic E-state index is 6.01. The third kappa shape index (κ3) is 4.17. The normalized spacial score (nSPS) is 32.4. The molecule has 3 rings (SSSR count). The summed E-state index contributed by atoms with van der Waals surface area (Å²) >= 11 is 0. The summed E-state index contributed by atoms with van der Waals surface area (Å²) in [6, 6.07) is 0.738. The molecule has 2 atom stereocenters. The zero-order valence-corrected chi connectivity index (χ0v) is 12.9. The van der Waals surface area contributed by atoms with Gasteiger partial charge in [-0.3, -0.25) is 0 Å². The highest BCUT2D eigenvalue weighted by Crippen LogP contribution is 2.25. The predicted octanol–water partition coefficient (Wildman–Crippen LogP) is 2.36. The van der Waals surface area contributed by atoms with E-state index in [1.807, 2.05) is 0 Å². The van der Waals surface area contributed by atoms with Gasteiger partial charge in [0.25, 0.3) is 0 Å². The molecule has 0 aromatic rings. The van der Waals surface area contributed by atoms with Gasteiger partial charge in [-0.05, 0) is 58.2 Å². The van der Waals surface area contributed by atoms with Crippen LogP contribution < -0.4 is 5.43 Å². The highest BCUT2D eigenvalue weighted by atomic mass is 16.5. The van der Waals surface area contributed by atoms with E-state index in [2.05, 4.69) is 15.3 Å². The molecule has 2 unspecified atom stereocenters. The van der Waals surface area contributed by atoms with Crippen molar-refractivity contribution in [3.05, 3.63) is 0 Å². The van der Waals surface area contributed by atoms with E-state index in [0.717, 1.165) is 12.6 Å². The summed E-state index contributed by atoms with van der Waals surface area (Å²) in [5.74, 6) is 0. The van der Waals surface area contributed by atoms with Gasteiger partial charge in [0.15, 0.2) is 0 Å². The van der Waals surface area contributed by atoms with Gasteiger partial charge >= 0.3 is 0 Å². The van der Waals surface area contributed by atoms with Crippen molar-refractivity contribution in [3.63, 3.8) is 0 Å². The van der Waals surface area contributed by atoms with Gasteiger partial charge in [0.05, 0.1) is 0 Å². The molecule has 3 aliphatic heterocycles. The zero-order valence-electron chi connectivity index (χ0n) is 12.9. The summed E-state index contributed by atoms with van der Waals surface area (Å²) in [5, 5.41) is 2.42. The number of nitrogens with one attached hydrogen (secondary N) is 1. The Bertz CT molecular complexity index is 267. The number of unbranched alkanes of at least 4 members (excludes halogenated alkanes) is 1. The number of likely N-dealkylation sites (tertiary alicyclic amines) is 1. The molecule has 20 heavy (non-hydrogen) atoms. The Balaban J connectivity index is 1.23. The molecule has 3 fully saturated rings. The number of rotatable bonds is 6. The molecule has 0 spiro atoms. The van der Waals surface area contributed by atoms with E-state index in [1.165, 1.54) is 84.0 Å². The molecule has 0 bridgehead atoms. The van der Waals surface area contributed by atoms with Crippen LogP contribution in [0.3, 0.4) is 0 Å². The van der Waals surface area contributed by atoms with Crippen molar-refractivity contribution in [3.8, 4) is 0 Å². The predicted molar refractivity (Wildman–Crippen MR) is 81.4 cm³/mol. The van der Waals surface area contributed by atoms with Crippen molar-refractivity contribution in [1.29, 1.82) is 0 Å². The molecule has 3 aliphatic rings. The van der Waals surface area contributed by atoms with Crippen LogP contribution in [0.4, 0.5) is 0 Å². The van der Waals surface area contributed by atoms with Crippen LogP contribution in [0.1, 0.15) is 57.8 Å². The topological polar surface area (TPSA) is 27.7 Å². The first-order valence-corrected chi connectivity index (χ1v) is 8.78. The number of fused-ring (bicyclic) bond motifs is 1. The second-order valence-corrected chi connectivity index (χ2v) is 6.68. The van der Waals surface area contributed by atoms with E-state index in [0.29, 0.717) is 0 Å². The van der Waals surface area contributed by atoms with E-state index >= 15 is 0 Å². The maximum absolute atomic E-state index is 6.01. The quantitative estimate of drug-likeness (QED) is 0.757. The molecular formula is C16H31N3O. The molecule has 116 valence electrons. The van der Waals surface area contributed by atoms with Crippen molar-refractivity contribution >= 4 is 0 Å². The second-order valence-electron chi connectivity index (χ2n) is 6.68. The first kappa shape index (κ1) is 14.8. The second kappa shape index (κ2) is 7.74. The largest absolute Gasteiger partial charge is 0.362 e. The summed E-state index contributed by atoms with van der Waals surface area (Å²) < 4.78 is 6.01. The fourth-order valence-corrected chi connectivity index (χ4v) is 3.85. The van der Waals surface area contributed by atoms with Crippen LogP contribution in [0, 0.1) is 0 Å². The number of hydrogen-bond acceptors (Lipinski definition) is 4. The van der Waals surface area contributed by atoms with Crippen LogP contribution in [0.15, 0.2) is 0 Å². The van der Waals surface area contributed by atoms with Gasteiger partial charge < -0.3 is 9.64 Å². The third-order valence-corrected chi connectivity index (χ3v) is 5.06. The maximum Gasteiger partial charge on any atom is 0.122 e.